The van der Waals surface area contributed by atoms with Gasteiger partial charge in [-0.1, -0.05) is 20.8 Å². The lowest BCUT2D eigenvalue weighted by molar-refractivity contribution is -0.126. The maximum atomic E-state index is 12.1. The fraction of sp³-hybridized carbons (Fsp3) is 0.929. The maximum Gasteiger partial charge on any atom is 0.224 e. The number of aliphatic hydroxyl groups excluding tert-OH is 1. The SMILES string of the molecule is CC(C)(C)CC(CN)C(=O)NC1CCC(O)CC1. The van der Waals surface area contributed by atoms with Gasteiger partial charge in [-0.3, -0.25) is 4.79 Å². The molecule has 0 saturated heterocycles. The van der Waals surface area contributed by atoms with E-state index in [2.05, 4.69) is 26.1 Å². The highest BCUT2D eigenvalue weighted by atomic mass is 16.3. The topological polar surface area (TPSA) is 75.4 Å². The van der Waals surface area contributed by atoms with Gasteiger partial charge in [-0.05, 0) is 37.5 Å². The van der Waals surface area contributed by atoms with E-state index < -0.39 is 0 Å². The summed E-state index contributed by atoms with van der Waals surface area (Å²) in [6, 6.07) is 0.218. The molecule has 1 amide bonds. The van der Waals surface area contributed by atoms with Crippen LogP contribution >= 0.6 is 0 Å². The standard InChI is InChI=1S/C14H28N2O2/c1-14(2,3)8-10(9-15)13(18)16-11-4-6-12(17)7-5-11/h10-12,17H,4-9,15H2,1-3H3,(H,16,18). The molecule has 106 valence electrons. The minimum absolute atomic E-state index is 0.0776. The van der Waals surface area contributed by atoms with Crippen molar-refractivity contribution in [1.29, 1.82) is 0 Å². The van der Waals surface area contributed by atoms with E-state index in [0.29, 0.717) is 6.54 Å². The molecule has 0 aromatic heterocycles. The van der Waals surface area contributed by atoms with Gasteiger partial charge in [-0.2, -0.15) is 0 Å². The highest BCUT2D eigenvalue weighted by Crippen LogP contribution is 2.25. The number of hydrogen-bond donors (Lipinski definition) is 3. The zero-order valence-electron chi connectivity index (χ0n) is 11.9. The summed E-state index contributed by atoms with van der Waals surface area (Å²) in [5, 5.41) is 12.5. The molecule has 0 radical (unpaired) electrons. The third kappa shape index (κ3) is 5.36. The average molecular weight is 256 g/mol. The first-order chi connectivity index (χ1) is 8.31. The number of rotatable bonds is 4. The molecule has 1 saturated carbocycles. The molecule has 1 atom stereocenters. The minimum Gasteiger partial charge on any atom is -0.393 e. The Morgan fingerprint density at radius 1 is 1.33 bits per heavy atom. The Hall–Kier alpha value is -0.610. The Bertz CT molecular complexity index is 265. The largest absolute Gasteiger partial charge is 0.393 e. The Morgan fingerprint density at radius 3 is 2.33 bits per heavy atom. The van der Waals surface area contributed by atoms with Gasteiger partial charge in [0.25, 0.3) is 0 Å². The van der Waals surface area contributed by atoms with Gasteiger partial charge in [0.2, 0.25) is 5.91 Å². The molecule has 1 unspecified atom stereocenters. The normalized spacial score (nSPS) is 26.7. The molecule has 18 heavy (non-hydrogen) atoms. The number of nitrogens with two attached hydrogens (primary N) is 1. The third-order valence-electron chi connectivity index (χ3n) is 3.56. The van der Waals surface area contributed by atoms with E-state index in [0.717, 1.165) is 32.1 Å². The summed E-state index contributed by atoms with van der Waals surface area (Å²) in [5.41, 5.74) is 5.82. The molecule has 0 spiro atoms. The first kappa shape index (κ1) is 15.4. The summed E-state index contributed by atoms with van der Waals surface area (Å²) in [6.45, 7) is 6.78. The summed E-state index contributed by atoms with van der Waals surface area (Å²) in [7, 11) is 0. The van der Waals surface area contributed by atoms with Crippen molar-refractivity contribution in [2.24, 2.45) is 17.1 Å². The molecule has 0 bridgehead atoms. The van der Waals surface area contributed by atoms with Crippen molar-refractivity contribution in [3.05, 3.63) is 0 Å². The Balaban J connectivity index is 2.42. The van der Waals surface area contributed by atoms with E-state index in [-0.39, 0.29) is 29.4 Å². The zero-order chi connectivity index (χ0) is 13.8. The molecule has 1 fully saturated rings. The number of hydrogen-bond acceptors (Lipinski definition) is 3. The van der Waals surface area contributed by atoms with Crippen LogP contribution in [0.3, 0.4) is 0 Å². The maximum absolute atomic E-state index is 12.1. The van der Waals surface area contributed by atoms with Crippen molar-refractivity contribution >= 4 is 5.91 Å². The highest BCUT2D eigenvalue weighted by molar-refractivity contribution is 5.79. The molecule has 4 N–H and O–H groups in total. The van der Waals surface area contributed by atoms with Crippen molar-refractivity contribution in [3.63, 3.8) is 0 Å². The van der Waals surface area contributed by atoms with Crippen LogP contribution in [-0.4, -0.2) is 29.7 Å². The summed E-state index contributed by atoms with van der Waals surface area (Å²) in [6.07, 6.45) is 3.96. The van der Waals surface area contributed by atoms with E-state index >= 15 is 0 Å². The Labute approximate surface area is 110 Å². The van der Waals surface area contributed by atoms with Crippen LogP contribution in [0.5, 0.6) is 0 Å². The van der Waals surface area contributed by atoms with Crippen LogP contribution in [-0.2, 0) is 4.79 Å². The predicted octanol–water partition coefficient (Wildman–Crippen LogP) is 1.42. The second-order valence-electron chi connectivity index (χ2n) is 6.71. The predicted molar refractivity (Wildman–Crippen MR) is 73.0 cm³/mol. The minimum atomic E-state index is -0.182. The molecule has 0 aliphatic heterocycles. The summed E-state index contributed by atoms with van der Waals surface area (Å²) < 4.78 is 0. The molecule has 4 nitrogen and oxygen atoms in total. The molecule has 1 aliphatic rings. The van der Waals surface area contributed by atoms with Gasteiger partial charge in [0.15, 0.2) is 0 Å². The quantitative estimate of drug-likeness (QED) is 0.712. The zero-order valence-corrected chi connectivity index (χ0v) is 11.9. The van der Waals surface area contributed by atoms with Crippen LogP contribution in [0.25, 0.3) is 0 Å². The first-order valence-electron chi connectivity index (χ1n) is 7.00. The van der Waals surface area contributed by atoms with Crippen LogP contribution < -0.4 is 11.1 Å². The van der Waals surface area contributed by atoms with Crippen molar-refractivity contribution < 1.29 is 9.90 Å². The van der Waals surface area contributed by atoms with Gasteiger partial charge >= 0.3 is 0 Å². The van der Waals surface area contributed by atoms with Crippen LogP contribution in [0.1, 0.15) is 52.9 Å². The molecular weight excluding hydrogens is 228 g/mol. The van der Waals surface area contributed by atoms with E-state index in [1.807, 2.05) is 0 Å². The molecular formula is C14H28N2O2. The lowest BCUT2D eigenvalue weighted by Crippen LogP contribution is -2.44. The highest BCUT2D eigenvalue weighted by Gasteiger charge is 2.27. The van der Waals surface area contributed by atoms with Crippen LogP contribution in [0.2, 0.25) is 0 Å². The second-order valence-corrected chi connectivity index (χ2v) is 6.71. The van der Waals surface area contributed by atoms with Gasteiger partial charge in [0.1, 0.15) is 0 Å². The smallest absolute Gasteiger partial charge is 0.224 e. The van der Waals surface area contributed by atoms with Crippen molar-refractivity contribution in [1.82, 2.24) is 5.32 Å². The Morgan fingerprint density at radius 2 is 1.89 bits per heavy atom. The van der Waals surface area contributed by atoms with Gasteiger partial charge in [0.05, 0.1) is 12.0 Å². The molecule has 4 heteroatoms. The van der Waals surface area contributed by atoms with Gasteiger partial charge in [-0.15, -0.1) is 0 Å². The van der Waals surface area contributed by atoms with Crippen LogP contribution in [0.4, 0.5) is 0 Å². The van der Waals surface area contributed by atoms with E-state index in [4.69, 9.17) is 5.73 Å². The number of carbonyl (C=O) groups excluding carboxylic acids is 1. The number of amides is 1. The number of carbonyl (C=O) groups is 1. The van der Waals surface area contributed by atoms with E-state index in [9.17, 15) is 9.90 Å². The molecule has 0 aromatic rings. The molecule has 1 aliphatic carbocycles. The van der Waals surface area contributed by atoms with Crippen molar-refractivity contribution in [2.75, 3.05) is 6.54 Å². The first-order valence-corrected chi connectivity index (χ1v) is 7.00. The molecule has 0 heterocycles. The Kier molecular flexibility index (Phi) is 5.60. The van der Waals surface area contributed by atoms with Crippen molar-refractivity contribution in [3.8, 4) is 0 Å². The third-order valence-corrected chi connectivity index (χ3v) is 3.56. The second kappa shape index (κ2) is 6.53. The number of aliphatic hydroxyl groups is 1. The van der Waals surface area contributed by atoms with Gasteiger partial charge in [0, 0.05) is 12.6 Å². The van der Waals surface area contributed by atoms with E-state index in [1.54, 1.807) is 0 Å². The fourth-order valence-corrected chi connectivity index (χ4v) is 2.56. The van der Waals surface area contributed by atoms with Crippen LogP contribution in [0, 0.1) is 11.3 Å². The lowest BCUT2D eigenvalue weighted by atomic mass is 9.84. The summed E-state index contributed by atoms with van der Waals surface area (Å²) in [4.78, 5) is 12.1. The molecule has 1 rings (SSSR count). The monoisotopic (exact) mass is 256 g/mol. The lowest BCUT2D eigenvalue weighted by Gasteiger charge is -2.29. The average Bonchev–Trinajstić information content (AvgIpc) is 2.27. The number of nitrogens with one attached hydrogen (secondary N) is 1. The van der Waals surface area contributed by atoms with Crippen LogP contribution in [0.15, 0.2) is 0 Å². The van der Waals surface area contributed by atoms with Gasteiger partial charge in [-0.25, -0.2) is 0 Å². The van der Waals surface area contributed by atoms with E-state index in [1.165, 1.54) is 0 Å². The fourth-order valence-electron chi connectivity index (χ4n) is 2.56. The molecule has 0 aromatic carbocycles. The summed E-state index contributed by atoms with van der Waals surface area (Å²) in [5.74, 6) is -0.0225. The van der Waals surface area contributed by atoms with Gasteiger partial charge < -0.3 is 16.2 Å². The summed E-state index contributed by atoms with van der Waals surface area (Å²) >= 11 is 0. The van der Waals surface area contributed by atoms with Crippen molar-refractivity contribution in [2.45, 2.75) is 65.0 Å².